The van der Waals surface area contributed by atoms with Crippen molar-refractivity contribution in [2.24, 2.45) is 0 Å². The molecule has 1 fully saturated rings. The third-order valence-corrected chi connectivity index (χ3v) is 4.63. The van der Waals surface area contributed by atoms with Crippen molar-refractivity contribution in [3.05, 3.63) is 35.4 Å². The second kappa shape index (κ2) is 5.98. The van der Waals surface area contributed by atoms with Crippen molar-refractivity contribution < 1.29 is 4.21 Å². The maximum atomic E-state index is 11.1. The van der Waals surface area contributed by atoms with Crippen molar-refractivity contribution in [2.75, 3.05) is 12.0 Å². The molecule has 1 aromatic rings. The summed E-state index contributed by atoms with van der Waals surface area (Å²) in [6.45, 7) is 4.28. The second-order valence-corrected chi connectivity index (χ2v) is 7.07. The van der Waals surface area contributed by atoms with Crippen LogP contribution in [-0.4, -0.2) is 28.3 Å². The largest absolute Gasteiger partial charge is 0.311 e. The molecule has 0 amide bonds. The van der Waals surface area contributed by atoms with Crippen molar-refractivity contribution >= 4 is 10.8 Å². The van der Waals surface area contributed by atoms with E-state index in [1.54, 1.807) is 6.26 Å². The zero-order valence-corrected chi connectivity index (χ0v) is 12.3. The predicted octanol–water partition coefficient (Wildman–Crippen LogP) is 2.60. The van der Waals surface area contributed by atoms with Gasteiger partial charge < -0.3 is 5.32 Å². The Hall–Kier alpha value is -0.670. The van der Waals surface area contributed by atoms with E-state index in [9.17, 15) is 4.21 Å². The molecular weight excluding hydrogens is 242 g/mol. The molecule has 1 aromatic carbocycles. The molecule has 18 heavy (non-hydrogen) atoms. The summed E-state index contributed by atoms with van der Waals surface area (Å²) in [6, 6.07) is 9.79. The van der Waals surface area contributed by atoms with Crippen molar-refractivity contribution in [1.82, 2.24) is 5.32 Å². The smallest absolute Gasteiger partial charge is 0.0383 e. The third kappa shape index (κ3) is 3.66. The van der Waals surface area contributed by atoms with Gasteiger partial charge in [-0.3, -0.25) is 4.21 Å². The lowest BCUT2D eigenvalue weighted by atomic mass is 9.75. The fourth-order valence-corrected chi connectivity index (χ4v) is 3.55. The van der Waals surface area contributed by atoms with Gasteiger partial charge in [-0.25, -0.2) is 0 Å². The summed E-state index contributed by atoms with van der Waals surface area (Å²) in [5.41, 5.74) is 2.82. The molecule has 0 heterocycles. The van der Waals surface area contributed by atoms with E-state index in [2.05, 4.69) is 43.4 Å². The molecule has 2 nitrogen and oxygen atoms in total. The fraction of sp³-hybridized carbons (Fsp3) is 0.600. The highest BCUT2D eigenvalue weighted by atomic mass is 32.2. The molecule has 0 aliphatic heterocycles. The molecule has 0 aromatic heterocycles. The number of nitrogens with one attached hydrogen (secondary N) is 1. The number of hydrogen-bond donors (Lipinski definition) is 1. The van der Waals surface area contributed by atoms with Crippen LogP contribution in [0, 0.1) is 6.92 Å². The van der Waals surface area contributed by atoms with Crippen LogP contribution in [0.5, 0.6) is 0 Å². The summed E-state index contributed by atoms with van der Waals surface area (Å²) in [4.78, 5) is 0. The summed E-state index contributed by atoms with van der Waals surface area (Å²) in [5.74, 6) is 1.47. The Balaban J connectivity index is 1.78. The molecule has 100 valence electrons. The van der Waals surface area contributed by atoms with Crippen LogP contribution in [0.2, 0.25) is 0 Å². The Morgan fingerprint density at radius 2 is 2.17 bits per heavy atom. The normalized spacial score (nSPS) is 26.4. The standard InChI is InChI=1S/C15H23NOS/c1-11-5-4-6-13(7-11)14-8-15(9-14)16-12(2)10-18(3)17/h4-7,12,14-16H,8-10H2,1-3H3. The average molecular weight is 265 g/mol. The van der Waals surface area contributed by atoms with Gasteiger partial charge >= 0.3 is 0 Å². The highest BCUT2D eigenvalue weighted by Gasteiger charge is 2.30. The van der Waals surface area contributed by atoms with Gasteiger partial charge in [0.1, 0.15) is 0 Å². The Labute approximate surface area is 113 Å². The SMILES string of the molecule is Cc1cccc(C2CC(NC(C)CS(C)=O)C2)c1. The van der Waals surface area contributed by atoms with Crippen LogP contribution in [0.1, 0.15) is 36.8 Å². The summed E-state index contributed by atoms with van der Waals surface area (Å²) < 4.78 is 11.1. The van der Waals surface area contributed by atoms with Gasteiger partial charge in [-0.1, -0.05) is 29.8 Å². The zero-order valence-electron chi connectivity index (χ0n) is 11.5. The van der Waals surface area contributed by atoms with E-state index in [4.69, 9.17) is 0 Å². The minimum absolute atomic E-state index is 0.360. The quantitative estimate of drug-likeness (QED) is 0.886. The molecule has 2 atom stereocenters. The van der Waals surface area contributed by atoms with Gasteiger partial charge in [-0.05, 0) is 38.2 Å². The van der Waals surface area contributed by atoms with E-state index in [0.717, 1.165) is 5.75 Å². The van der Waals surface area contributed by atoms with Crippen LogP contribution in [0.3, 0.4) is 0 Å². The lowest BCUT2D eigenvalue weighted by Crippen LogP contribution is -2.46. The summed E-state index contributed by atoms with van der Waals surface area (Å²) >= 11 is 0. The van der Waals surface area contributed by atoms with Crippen LogP contribution < -0.4 is 5.32 Å². The molecule has 0 radical (unpaired) electrons. The number of rotatable bonds is 5. The Morgan fingerprint density at radius 3 is 2.78 bits per heavy atom. The molecule has 0 saturated heterocycles. The van der Waals surface area contributed by atoms with Crippen molar-refractivity contribution in [2.45, 2.75) is 44.7 Å². The summed E-state index contributed by atoms with van der Waals surface area (Å²) in [6.07, 6.45) is 4.20. The van der Waals surface area contributed by atoms with Crippen molar-refractivity contribution in [3.8, 4) is 0 Å². The van der Waals surface area contributed by atoms with E-state index in [-0.39, 0.29) is 0 Å². The summed E-state index contributed by atoms with van der Waals surface area (Å²) in [7, 11) is -0.700. The summed E-state index contributed by atoms with van der Waals surface area (Å²) in [5, 5.41) is 3.57. The molecule has 1 N–H and O–H groups in total. The zero-order chi connectivity index (χ0) is 13.1. The first-order valence-electron chi connectivity index (χ1n) is 6.67. The molecule has 2 rings (SSSR count). The lowest BCUT2D eigenvalue weighted by molar-refractivity contribution is 0.276. The Morgan fingerprint density at radius 1 is 1.44 bits per heavy atom. The van der Waals surface area contributed by atoms with Crippen molar-refractivity contribution in [1.29, 1.82) is 0 Å². The highest BCUT2D eigenvalue weighted by molar-refractivity contribution is 7.84. The molecule has 1 aliphatic carbocycles. The van der Waals surface area contributed by atoms with Gasteiger partial charge in [0, 0.05) is 34.9 Å². The Kier molecular flexibility index (Phi) is 4.57. The molecule has 1 saturated carbocycles. The first kappa shape index (κ1) is 13.8. The fourth-order valence-electron chi connectivity index (χ4n) is 2.75. The monoisotopic (exact) mass is 265 g/mol. The van der Waals surface area contributed by atoms with E-state index >= 15 is 0 Å². The predicted molar refractivity (Wildman–Crippen MR) is 78.5 cm³/mol. The van der Waals surface area contributed by atoms with Gasteiger partial charge in [0.05, 0.1) is 0 Å². The lowest BCUT2D eigenvalue weighted by Gasteiger charge is -2.38. The molecule has 3 heteroatoms. The second-order valence-electron chi connectivity index (χ2n) is 5.59. The highest BCUT2D eigenvalue weighted by Crippen LogP contribution is 2.37. The van der Waals surface area contributed by atoms with Gasteiger partial charge in [-0.2, -0.15) is 0 Å². The first-order valence-corrected chi connectivity index (χ1v) is 8.40. The Bertz CT molecular complexity index is 426. The minimum Gasteiger partial charge on any atom is -0.311 e. The van der Waals surface area contributed by atoms with E-state index < -0.39 is 10.8 Å². The molecule has 2 unspecified atom stereocenters. The van der Waals surface area contributed by atoms with E-state index in [1.807, 2.05) is 0 Å². The maximum Gasteiger partial charge on any atom is 0.0383 e. The van der Waals surface area contributed by atoms with Gasteiger partial charge in [0.25, 0.3) is 0 Å². The number of hydrogen-bond acceptors (Lipinski definition) is 2. The molecular formula is C15H23NOS. The molecule has 0 spiro atoms. The first-order chi connectivity index (χ1) is 8.54. The number of aryl methyl sites for hydroxylation is 1. The van der Waals surface area contributed by atoms with E-state index in [1.165, 1.54) is 24.0 Å². The molecule has 0 bridgehead atoms. The van der Waals surface area contributed by atoms with Crippen LogP contribution >= 0.6 is 0 Å². The molecule has 1 aliphatic rings. The van der Waals surface area contributed by atoms with E-state index in [0.29, 0.717) is 18.0 Å². The van der Waals surface area contributed by atoms with Gasteiger partial charge in [0.15, 0.2) is 0 Å². The average Bonchev–Trinajstić information content (AvgIpc) is 2.21. The van der Waals surface area contributed by atoms with Crippen LogP contribution in [-0.2, 0) is 10.8 Å². The van der Waals surface area contributed by atoms with Crippen molar-refractivity contribution in [3.63, 3.8) is 0 Å². The topological polar surface area (TPSA) is 29.1 Å². The van der Waals surface area contributed by atoms with Crippen LogP contribution in [0.25, 0.3) is 0 Å². The maximum absolute atomic E-state index is 11.1. The number of benzene rings is 1. The van der Waals surface area contributed by atoms with Crippen LogP contribution in [0.4, 0.5) is 0 Å². The van der Waals surface area contributed by atoms with Gasteiger partial charge in [-0.15, -0.1) is 0 Å². The van der Waals surface area contributed by atoms with Gasteiger partial charge in [0.2, 0.25) is 0 Å². The third-order valence-electron chi connectivity index (χ3n) is 3.66. The van der Waals surface area contributed by atoms with Crippen LogP contribution in [0.15, 0.2) is 24.3 Å². The minimum atomic E-state index is -0.700.